The molecule has 23 heavy (non-hydrogen) atoms. The summed E-state index contributed by atoms with van der Waals surface area (Å²) < 4.78 is 29.5. The van der Waals surface area contributed by atoms with Gasteiger partial charge in [0.2, 0.25) is 0 Å². The van der Waals surface area contributed by atoms with E-state index in [0.29, 0.717) is 17.2 Å². The Morgan fingerprint density at radius 1 is 1.00 bits per heavy atom. The molecule has 1 N–H and O–H groups in total. The molecule has 1 heterocycles. The number of rotatable bonds is 2. The molecule has 3 rings (SSSR count). The van der Waals surface area contributed by atoms with Crippen molar-refractivity contribution in [1.82, 2.24) is 0 Å². The third-order valence-electron chi connectivity index (χ3n) is 4.02. The lowest BCUT2D eigenvalue weighted by Gasteiger charge is -2.19. The second-order valence-corrected chi connectivity index (χ2v) is 7.56. The van der Waals surface area contributed by atoms with Gasteiger partial charge in [0.25, 0.3) is 10.0 Å². The van der Waals surface area contributed by atoms with Gasteiger partial charge in [0.05, 0.1) is 4.90 Å². The predicted molar refractivity (Wildman–Crippen MR) is 93.7 cm³/mol. The number of hydrogen-bond acceptors (Lipinski definition) is 2. The van der Waals surface area contributed by atoms with Gasteiger partial charge in [0.15, 0.2) is 0 Å². The predicted octanol–water partition coefficient (Wildman–Crippen LogP) is 3.76. The molecule has 0 saturated carbocycles. The van der Waals surface area contributed by atoms with E-state index in [9.17, 15) is 8.42 Å². The van der Waals surface area contributed by atoms with Gasteiger partial charge >= 0.3 is 0 Å². The van der Waals surface area contributed by atoms with Gasteiger partial charge in [-0.15, -0.1) is 4.40 Å². The van der Waals surface area contributed by atoms with E-state index in [0.717, 1.165) is 28.8 Å². The molecule has 5 heteroatoms. The quantitative estimate of drug-likeness (QED) is 0.913. The normalized spacial score (nSPS) is 16.0. The molecule has 0 fully saturated rings. The molecular formula is C18H20N2O2S. The van der Waals surface area contributed by atoms with Gasteiger partial charge in [0.1, 0.15) is 5.84 Å². The number of aryl methyl sites for hydroxylation is 4. The van der Waals surface area contributed by atoms with Crippen LogP contribution < -0.4 is 5.32 Å². The maximum absolute atomic E-state index is 12.7. The summed E-state index contributed by atoms with van der Waals surface area (Å²) in [5.74, 6) is 0.503. The van der Waals surface area contributed by atoms with E-state index in [1.807, 2.05) is 57.2 Å². The summed E-state index contributed by atoms with van der Waals surface area (Å²) in [6, 6.07) is 11.7. The zero-order valence-electron chi connectivity index (χ0n) is 13.6. The van der Waals surface area contributed by atoms with Crippen molar-refractivity contribution in [2.45, 2.75) is 38.5 Å². The fraction of sp³-hybridized carbons (Fsp3) is 0.278. The summed E-state index contributed by atoms with van der Waals surface area (Å²) in [5, 5.41) is 3.14. The highest BCUT2D eigenvalue weighted by atomic mass is 32.2. The summed E-state index contributed by atoms with van der Waals surface area (Å²) >= 11 is 0. The Hall–Kier alpha value is -2.14. The molecule has 0 aromatic heterocycles. The largest absolute Gasteiger partial charge is 0.343 e. The van der Waals surface area contributed by atoms with Crippen molar-refractivity contribution < 1.29 is 8.42 Å². The van der Waals surface area contributed by atoms with Crippen LogP contribution in [0.4, 0.5) is 5.69 Å². The molecule has 1 aliphatic rings. The minimum atomic E-state index is -3.72. The van der Waals surface area contributed by atoms with Crippen molar-refractivity contribution in [3.8, 4) is 0 Å². The molecule has 0 amide bonds. The Morgan fingerprint density at radius 3 is 2.35 bits per heavy atom. The smallest absolute Gasteiger partial charge is 0.284 e. The van der Waals surface area contributed by atoms with Gasteiger partial charge in [-0.05, 0) is 49.9 Å². The Balaban J connectivity index is 2.00. The van der Waals surface area contributed by atoms with Crippen molar-refractivity contribution in [3.63, 3.8) is 0 Å². The number of nitrogens with zero attached hydrogens (tertiary/aromatic N) is 1. The standard InChI is InChI=1S/C18H20N2O2S/c1-12-10-13(2)18(14(3)11-12)23(21,22)20-17-9-8-15-6-4-5-7-16(15)19-17/h4-7,10-11H,8-9H2,1-3H3,(H,19,20). The summed E-state index contributed by atoms with van der Waals surface area (Å²) in [6.45, 7) is 5.59. The summed E-state index contributed by atoms with van der Waals surface area (Å²) in [5.41, 5.74) is 4.65. The first-order chi connectivity index (χ1) is 10.9. The van der Waals surface area contributed by atoms with Crippen LogP contribution in [0.1, 0.15) is 28.7 Å². The number of sulfonamides is 1. The minimum Gasteiger partial charge on any atom is -0.343 e. The highest BCUT2D eigenvalue weighted by Gasteiger charge is 2.22. The minimum absolute atomic E-state index is 0.316. The van der Waals surface area contributed by atoms with Crippen LogP contribution >= 0.6 is 0 Å². The maximum Gasteiger partial charge on any atom is 0.284 e. The van der Waals surface area contributed by atoms with Crippen LogP contribution in [0.3, 0.4) is 0 Å². The summed E-state index contributed by atoms with van der Waals surface area (Å²) in [6.07, 6.45) is 1.39. The molecule has 120 valence electrons. The van der Waals surface area contributed by atoms with E-state index in [1.165, 1.54) is 5.56 Å². The van der Waals surface area contributed by atoms with Gasteiger partial charge in [0, 0.05) is 12.1 Å². The van der Waals surface area contributed by atoms with Crippen molar-refractivity contribution in [2.75, 3.05) is 5.32 Å². The number of hydrogen-bond donors (Lipinski definition) is 1. The first-order valence-electron chi connectivity index (χ1n) is 7.63. The molecule has 0 aliphatic carbocycles. The lowest BCUT2D eigenvalue weighted by atomic mass is 10.0. The lowest BCUT2D eigenvalue weighted by Crippen LogP contribution is -2.21. The van der Waals surface area contributed by atoms with E-state index < -0.39 is 10.0 Å². The van der Waals surface area contributed by atoms with Crippen LogP contribution in [0, 0.1) is 20.8 Å². The number of amidine groups is 1. The van der Waals surface area contributed by atoms with Crippen molar-refractivity contribution >= 4 is 21.5 Å². The Labute approximate surface area is 137 Å². The number of fused-ring (bicyclic) bond motifs is 1. The van der Waals surface area contributed by atoms with Gasteiger partial charge in [-0.2, -0.15) is 8.42 Å². The van der Waals surface area contributed by atoms with Gasteiger partial charge in [-0.3, -0.25) is 0 Å². The number of benzene rings is 2. The molecule has 0 saturated heterocycles. The molecule has 0 atom stereocenters. The Bertz CT molecular complexity index is 876. The molecular weight excluding hydrogens is 308 g/mol. The second-order valence-electron chi connectivity index (χ2n) is 6.02. The van der Waals surface area contributed by atoms with Gasteiger partial charge < -0.3 is 5.32 Å². The molecule has 0 unspecified atom stereocenters. The molecule has 0 spiro atoms. The Kier molecular flexibility index (Phi) is 3.98. The van der Waals surface area contributed by atoms with Crippen molar-refractivity contribution in [1.29, 1.82) is 0 Å². The van der Waals surface area contributed by atoms with Crippen LogP contribution in [0.5, 0.6) is 0 Å². The second kappa shape index (κ2) is 5.81. The first kappa shape index (κ1) is 15.7. The maximum atomic E-state index is 12.7. The van der Waals surface area contributed by atoms with Crippen LogP contribution in [-0.4, -0.2) is 14.3 Å². The fourth-order valence-electron chi connectivity index (χ4n) is 3.16. The molecule has 4 nitrogen and oxygen atoms in total. The molecule has 2 aromatic carbocycles. The zero-order valence-corrected chi connectivity index (χ0v) is 14.4. The summed E-state index contributed by atoms with van der Waals surface area (Å²) in [7, 11) is -3.72. The van der Waals surface area contributed by atoms with Crippen LogP contribution in [0.15, 0.2) is 45.7 Å². The highest BCUT2D eigenvalue weighted by molar-refractivity contribution is 7.90. The number of anilines is 1. The molecule has 0 bridgehead atoms. The fourth-order valence-corrected chi connectivity index (χ4v) is 4.61. The van der Waals surface area contributed by atoms with Gasteiger partial charge in [-0.1, -0.05) is 35.9 Å². The third kappa shape index (κ3) is 3.15. The summed E-state index contributed by atoms with van der Waals surface area (Å²) in [4.78, 5) is 0.316. The van der Waals surface area contributed by atoms with E-state index in [4.69, 9.17) is 0 Å². The van der Waals surface area contributed by atoms with Crippen LogP contribution in [0.25, 0.3) is 0 Å². The number of nitrogens with one attached hydrogen (secondary N) is 1. The van der Waals surface area contributed by atoms with Gasteiger partial charge in [-0.25, -0.2) is 0 Å². The van der Waals surface area contributed by atoms with E-state index in [1.54, 1.807) is 0 Å². The van der Waals surface area contributed by atoms with Crippen LogP contribution in [-0.2, 0) is 16.4 Å². The lowest BCUT2D eigenvalue weighted by molar-refractivity contribution is 0.596. The SMILES string of the molecule is Cc1cc(C)c(S(=O)(=O)N=C2CCc3ccccc3N2)c(C)c1. The average molecular weight is 328 g/mol. The van der Waals surface area contributed by atoms with E-state index >= 15 is 0 Å². The monoisotopic (exact) mass is 328 g/mol. The van der Waals surface area contributed by atoms with Crippen molar-refractivity contribution in [3.05, 3.63) is 58.7 Å². The topological polar surface area (TPSA) is 58.5 Å². The average Bonchev–Trinajstić information content (AvgIpc) is 2.45. The van der Waals surface area contributed by atoms with Crippen molar-refractivity contribution in [2.24, 2.45) is 4.40 Å². The number of para-hydroxylation sites is 1. The third-order valence-corrected chi connectivity index (χ3v) is 5.64. The molecule has 1 aliphatic heterocycles. The van der Waals surface area contributed by atoms with E-state index in [-0.39, 0.29) is 0 Å². The molecule has 0 radical (unpaired) electrons. The highest BCUT2D eigenvalue weighted by Crippen LogP contribution is 2.26. The Morgan fingerprint density at radius 2 is 1.65 bits per heavy atom. The van der Waals surface area contributed by atoms with Crippen LogP contribution in [0.2, 0.25) is 0 Å². The van der Waals surface area contributed by atoms with E-state index in [2.05, 4.69) is 9.71 Å². The first-order valence-corrected chi connectivity index (χ1v) is 9.07. The molecule has 2 aromatic rings. The zero-order chi connectivity index (χ0) is 16.6.